The molecule has 0 radical (unpaired) electrons. The maximum atomic E-state index is 11.1. The van der Waals surface area contributed by atoms with E-state index in [2.05, 4.69) is 6.92 Å². The molecular formula is C30H56O16. The first kappa shape index (κ1) is 39.8. The Morgan fingerprint density at radius 3 is 1.30 bits per heavy atom. The number of aliphatic hydroxyl groups is 10. The van der Waals surface area contributed by atoms with Gasteiger partial charge in [0.25, 0.3) is 0 Å². The van der Waals surface area contributed by atoms with E-state index < -0.39 is 112 Å². The van der Waals surface area contributed by atoms with Crippen molar-refractivity contribution in [1.29, 1.82) is 0 Å². The number of hydrogen-bond donors (Lipinski definition) is 10. The summed E-state index contributed by atoms with van der Waals surface area (Å²) in [5.74, 6) is 0. The van der Waals surface area contributed by atoms with Crippen LogP contribution < -0.4 is 0 Å². The van der Waals surface area contributed by atoms with Crippen LogP contribution in [0.25, 0.3) is 0 Å². The SMILES string of the molecule is CCCCCCCCCCCCO[C@@H]1O[C@H](CO)[C@@H](O)[C@H](O[C@@H]2O[C@H](CO)[C@@H](O)[C@H](O[C@@H]3O[C@H](CO)[C@@H](O)[C@H](O)[C@H]3O)[C@H]2O)[C@H]1O. The van der Waals surface area contributed by atoms with E-state index in [1.165, 1.54) is 38.5 Å². The fourth-order valence-electron chi connectivity index (χ4n) is 5.96. The van der Waals surface area contributed by atoms with E-state index in [-0.39, 0.29) is 6.61 Å². The fourth-order valence-corrected chi connectivity index (χ4v) is 5.96. The molecule has 0 bridgehead atoms. The van der Waals surface area contributed by atoms with Crippen molar-refractivity contribution in [1.82, 2.24) is 0 Å². The topological polar surface area (TPSA) is 258 Å². The third kappa shape index (κ3) is 10.4. The molecule has 0 aromatic rings. The molecule has 0 spiro atoms. The smallest absolute Gasteiger partial charge is 0.187 e. The van der Waals surface area contributed by atoms with E-state index in [9.17, 15) is 51.1 Å². The molecule has 3 aliphatic heterocycles. The molecule has 0 unspecified atom stereocenters. The highest BCUT2D eigenvalue weighted by Crippen LogP contribution is 2.32. The van der Waals surface area contributed by atoms with Gasteiger partial charge in [0.05, 0.1) is 19.8 Å². The number of hydrogen-bond acceptors (Lipinski definition) is 16. The van der Waals surface area contributed by atoms with Crippen LogP contribution in [0.2, 0.25) is 0 Å². The Bertz CT molecular complexity index is 824. The monoisotopic (exact) mass is 672 g/mol. The van der Waals surface area contributed by atoms with Gasteiger partial charge in [-0.15, -0.1) is 0 Å². The van der Waals surface area contributed by atoms with Gasteiger partial charge in [-0.25, -0.2) is 0 Å². The van der Waals surface area contributed by atoms with Crippen molar-refractivity contribution < 1.29 is 79.5 Å². The van der Waals surface area contributed by atoms with Crippen LogP contribution in [0.3, 0.4) is 0 Å². The highest BCUT2D eigenvalue weighted by molar-refractivity contribution is 4.96. The van der Waals surface area contributed by atoms with Crippen molar-refractivity contribution in [2.45, 2.75) is 163 Å². The minimum atomic E-state index is -1.88. The summed E-state index contributed by atoms with van der Waals surface area (Å²) in [6.45, 7) is 0.237. The van der Waals surface area contributed by atoms with Crippen LogP contribution in [-0.2, 0) is 28.4 Å². The zero-order chi connectivity index (χ0) is 33.8. The molecule has 272 valence electrons. The normalized spacial score (nSPS) is 41.9. The van der Waals surface area contributed by atoms with Gasteiger partial charge < -0.3 is 79.5 Å². The van der Waals surface area contributed by atoms with E-state index in [1.54, 1.807) is 0 Å². The first-order valence-corrected chi connectivity index (χ1v) is 16.6. The van der Waals surface area contributed by atoms with E-state index in [4.69, 9.17) is 28.4 Å². The van der Waals surface area contributed by atoms with Crippen LogP contribution in [0.5, 0.6) is 0 Å². The molecule has 0 amide bonds. The minimum Gasteiger partial charge on any atom is -0.394 e. The Balaban J connectivity index is 1.58. The van der Waals surface area contributed by atoms with Gasteiger partial charge in [-0.1, -0.05) is 64.7 Å². The van der Waals surface area contributed by atoms with Gasteiger partial charge in [0.2, 0.25) is 0 Å². The van der Waals surface area contributed by atoms with Crippen LogP contribution in [0.15, 0.2) is 0 Å². The van der Waals surface area contributed by atoms with Crippen molar-refractivity contribution in [3.8, 4) is 0 Å². The largest absolute Gasteiger partial charge is 0.394 e. The molecular weight excluding hydrogens is 616 g/mol. The number of unbranched alkanes of at least 4 members (excludes halogenated alkanes) is 9. The summed E-state index contributed by atoms with van der Waals surface area (Å²) in [6, 6.07) is 0. The lowest BCUT2D eigenvalue weighted by molar-refractivity contribution is -0.381. The lowest BCUT2D eigenvalue weighted by atomic mass is 9.96. The first-order valence-electron chi connectivity index (χ1n) is 16.6. The number of rotatable bonds is 19. The molecule has 3 saturated heterocycles. The van der Waals surface area contributed by atoms with Gasteiger partial charge in [-0.3, -0.25) is 0 Å². The van der Waals surface area contributed by atoms with Crippen LogP contribution in [-0.4, -0.2) is 170 Å². The van der Waals surface area contributed by atoms with Gasteiger partial charge >= 0.3 is 0 Å². The zero-order valence-corrected chi connectivity index (χ0v) is 26.5. The molecule has 3 aliphatic rings. The number of aliphatic hydroxyl groups excluding tert-OH is 10. The summed E-state index contributed by atoms with van der Waals surface area (Å²) in [6.07, 6.45) is -13.0. The molecule has 46 heavy (non-hydrogen) atoms. The lowest BCUT2D eigenvalue weighted by Crippen LogP contribution is -2.67. The summed E-state index contributed by atoms with van der Waals surface area (Å²) in [5, 5.41) is 103. The molecule has 15 atom stereocenters. The van der Waals surface area contributed by atoms with E-state index in [0.717, 1.165) is 19.3 Å². The first-order chi connectivity index (χ1) is 22.1. The maximum Gasteiger partial charge on any atom is 0.187 e. The van der Waals surface area contributed by atoms with Gasteiger partial charge in [-0.05, 0) is 6.42 Å². The summed E-state index contributed by atoms with van der Waals surface area (Å²) < 4.78 is 33.5. The van der Waals surface area contributed by atoms with E-state index in [1.807, 2.05) is 0 Å². The summed E-state index contributed by atoms with van der Waals surface area (Å²) in [4.78, 5) is 0. The van der Waals surface area contributed by atoms with E-state index in [0.29, 0.717) is 6.42 Å². The van der Waals surface area contributed by atoms with Crippen molar-refractivity contribution in [2.24, 2.45) is 0 Å². The van der Waals surface area contributed by atoms with Gasteiger partial charge in [0.1, 0.15) is 73.2 Å². The second kappa shape index (κ2) is 20.1. The Morgan fingerprint density at radius 1 is 0.435 bits per heavy atom. The second-order valence-electron chi connectivity index (χ2n) is 12.4. The lowest BCUT2D eigenvalue weighted by Gasteiger charge is -2.48. The molecule has 3 heterocycles. The van der Waals surface area contributed by atoms with Crippen molar-refractivity contribution >= 4 is 0 Å². The molecule has 0 aromatic heterocycles. The standard InChI is InChI=1S/C30H56O16/c1-2-3-4-5-6-7-8-9-10-11-12-41-28-24(39)26(20(35)17(14-32)42-28)46-30-25(40)27(21(36)18(15-33)44-30)45-29-23(38)22(37)19(34)16(13-31)43-29/h16-40H,2-15H2,1H3/t16-,17-,18-,19-,20-,21-,22+,23-,24-,25-,26+,27+,28-,29+,30+/m1/s1. The maximum absolute atomic E-state index is 11.1. The molecule has 10 N–H and O–H groups in total. The van der Waals surface area contributed by atoms with Crippen LogP contribution in [0, 0.1) is 0 Å². The molecule has 16 nitrogen and oxygen atoms in total. The Kier molecular flexibility index (Phi) is 17.4. The molecule has 3 fully saturated rings. The Hall–Kier alpha value is -0.640. The van der Waals surface area contributed by atoms with Gasteiger partial charge in [0.15, 0.2) is 18.9 Å². The van der Waals surface area contributed by atoms with Crippen LogP contribution >= 0.6 is 0 Å². The van der Waals surface area contributed by atoms with Crippen molar-refractivity contribution in [3.63, 3.8) is 0 Å². The summed E-state index contributed by atoms with van der Waals surface area (Å²) in [5.41, 5.74) is 0. The quantitative estimate of drug-likeness (QED) is 0.0630. The van der Waals surface area contributed by atoms with Crippen molar-refractivity contribution in [3.05, 3.63) is 0 Å². The predicted molar refractivity (Wildman–Crippen MR) is 157 cm³/mol. The molecule has 0 aliphatic carbocycles. The Morgan fingerprint density at radius 2 is 0.826 bits per heavy atom. The number of ether oxygens (including phenoxy) is 6. The molecule has 16 heteroatoms. The molecule has 0 saturated carbocycles. The average Bonchev–Trinajstić information content (AvgIpc) is 3.05. The summed E-state index contributed by atoms with van der Waals surface area (Å²) in [7, 11) is 0. The third-order valence-electron chi connectivity index (χ3n) is 8.85. The highest BCUT2D eigenvalue weighted by atomic mass is 16.8. The Labute approximate surface area is 269 Å². The molecule has 0 aromatic carbocycles. The minimum absolute atomic E-state index is 0.232. The average molecular weight is 673 g/mol. The fraction of sp³-hybridized carbons (Fsp3) is 1.00. The molecule has 3 rings (SSSR count). The summed E-state index contributed by atoms with van der Waals surface area (Å²) >= 11 is 0. The zero-order valence-electron chi connectivity index (χ0n) is 26.5. The van der Waals surface area contributed by atoms with E-state index >= 15 is 0 Å². The van der Waals surface area contributed by atoms with Crippen LogP contribution in [0.1, 0.15) is 71.1 Å². The van der Waals surface area contributed by atoms with Gasteiger partial charge in [-0.2, -0.15) is 0 Å². The van der Waals surface area contributed by atoms with Gasteiger partial charge in [0, 0.05) is 6.61 Å². The van der Waals surface area contributed by atoms with Crippen LogP contribution in [0.4, 0.5) is 0 Å². The highest BCUT2D eigenvalue weighted by Gasteiger charge is 2.53. The third-order valence-corrected chi connectivity index (χ3v) is 8.85. The van der Waals surface area contributed by atoms with Crippen molar-refractivity contribution in [2.75, 3.05) is 26.4 Å². The second-order valence-corrected chi connectivity index (χ2v) is 12.4. The predicted octanol–water partition coefficient (Wildman–Crippen LogP) is -2.63.